The van der Waals surface area contributed by atoms with Crippen LogP contribution in [0.5, 0.6) is 0 Å². The van der Waals surface area contributed by atoms with Crippen LogP contribution in [0.4, 0.5) is 0 Å². The van der Waals surface area contributed by atoms with Gasteiger partial charge in [-0.2, -0.15) is 5.10 Å². The molecule has 1 N–H and O–H groups in total. The van der Waals surface area contributed by atoms with Gasteiger partial charge in [-0.05, 0) is 25.2 Å². The second-order valence-corrected chi connectivity index (χ2v) is 3.58. The summed E-state index contributed by atoms with van der Waals surface area (Å²) < 4.78 is 0. The Morgan fingerprint density at radius 1 is 1.62 bits per heavy atom. The molecule has 74 valence electrons. The van der Waals surface area contributed by atoms with Gasteiger partial charge in [0.05, 0.1) is 0 Å². The van der Waals surface area contributed by atoms with Crippen molar-refractivity contribution in [1.29, 1.82) is 0 Å². The van der Waals surface area contributed by atoms with E-state index in [1.165, 1.54) is 12.8 Å². The molecule has 1 fully saturated rings. The zero-order valence-electron chi connectivity index (χ0n) is 8.47. The van der Waals surface area contributed by atoms with Gasteiger partial charge in [0.15, 0.2) is 0 Å². The fraction of sp³-hybridized carbons (Fsp3) is 0.800. The van der Waals surface area contributed by atoms with Crippen LogP contribution in [0.2, 0.25) is 0 Å². The normalized spacial score (nSPS) is 25.1. The minimum atomic E-state index is 0.00690. The van der Waals surface area contributed by atoms with Gasteiger partial charge >= 0.3 is 0 Å². The predicted octanol–water partition coefficient (Wildman–Crippen LogP) is 2.08. The van der Waals surface area contributed by atoms with E-state index in [-0.39, 0.29) is 5.91 Å². The number of nitrogens with zero attached hydrogens (tertiary/aromatic N) is 1. The van der Waals surface area contributed by atoms with Crippen LogP contribution in [0.3, 0.4) is 0 Å². The minimum Gasteiger partial charge on any atom is -0.273 e. The van der Waals surface area contributed by atoms with Gasteiger partial charge in [0.2, 0.25) is 5.91 Å². The van der Waals surface area contributed by atoms with Gasteiger partial charge in [0.25, 0.3) is 0 Å². The molecule has 0 bridgehead atoms. The van der Waals surface area contributed by atoms with Crippen molar-refractivity contribution in [3.8, 4) is 0 Å². The lowest BCUT2D eigenvalue weighted by Crippen LogP contribution is -2.17. The van der Waals surface area contributed by atoms with Gasteiger partial charge in [-0.25, -0.2) is 5.43 Å². The number of hydrazone groups is 1. The maximum absolute atomic E-state index is 10.9. The molecular formula is C10H18N2O. The van der Waals surface area contributed by atoms with E-state index in [4.69, 9.17) is 0 Å². The fourth-order valence-corrected chi connectivity index (χ4v) is 1.58. The molecule has 1 unspecified atom stereocenters. The topological polar surface area (TPSA) is 41.5 Å². The minimum absolute atomic E-state index is 0.00690. The number of carbonyl (C=O) groups is 1. The second kappa shape index (κ2) is 5.00. The molecule has 0 aromatic rings. The highest BCUT2D eigenvalue weighted by Crippen LogP contribution is 2.25. The van der Waals surface area contributed by atoms with Crippen molar-refractivity contribution >= 4 is 11.6 Å². The summed E-state index contributed by atoms with van der Waals surface area (Å²) in [7, 11) is 0. The van der Waals surface area contributed by atoms with E-state index in [0.717, 1.165) is 24.5 Å². The number of rotatable bonds is 3. The van der Waals surface area contributed by atoms with E-state index < -0.39 is 0 Å². The Bertz CT molecular complexity index is 211. The van der Waals surface area contributed by atoms with Gasteiger partial charge in [0, 0.05) is 12.1 Å². The molecule has 1 atom stereocenters. The standard InChI is InChI=1S/C10H18N2O/c1-3-8-5-6-9(7-8)11-12-10(13)4-2/h8H,3-7H2,1-2H3,(H,12,13)/b11-9-. The Morgan fingerprint density at radius 2 is 2.38 bits per heavy atom. The Labute approximate surface area is 79.6 Å². The highest BCUT2D eigenvalue weighted by Gasteiger charge is 2.18. The number of hydrogen-bond acceptors (Lipinski definition) is 2. The number of nitrogens with one attached hydrogen (secondary N) is 1. The third-order valence-electron chi connectivity index (χ3n) is 2.60. The highest BCUT2D eigenvalue weighted by atomic mass is 16.2. The summed E-state index contributed by atoms with van der Waals surface area (Å²) in [6, 6.07) is 0. The Hall–Kier alpha value is -0.860. The molecule has 1 saturated carbocycles. The zero-order chi connectivity index (χ0) is 9.68. The van der Waals surface area contributed by atoms with Crippen molar-refractivity contribution in [2.24, 2.45) is 11.0 Å². The third kappa shape index (κ3) is 3.17. The number of amides is 1. The molecule has 1 amide bonds. The first-order chi connectivity index (χ1) is 6.26. The average Bonchev–Trinajstić information content (AvgIpc) is 2.61. The maximum Gasteiger partial charge on any atom is 0.239 e. The Morgan fingerprint density at radius 3 is 2.92 bits per heavy atom. The summed E-state index contributed by atoms with van der Waals surface area (Å²) in [4.78, 5) is 10.9. The molecule has 3 heteroatoms. The summed E-state index contributed by atoms with van der Waals surface area (Å²) in [5.74, 6) is 0.796. The molecule has 0 aromatic carbocycles. The predicted molar refractivity (Wildman–Crippen MR) is 53.5 cm³/mol. The van der Waals surface area contributed by atoms with Crippen LogP contribution in [0.25, 0.3) is 0 Å². The molecule has 13 heavy (non-hydrogen) atoms. The molecule has 0 heterocycles. The van der Waals surface area contributed by atoms with Crippen LogP contribution >= 0.6 is 0 Å². The van der Waals surface area contributed by atoms with Crippen LogP contribution in [0, 0.1) is 5.92 Å². The van der Waals surface area contributed by atoms with Crippen molar-refractivity contribution < 1.29 is 4.79 Å². The fourth-order valence-electron chi connectivity index (χ4n) is 1.58. The van der Waals surface area contributed by atoms with Crippen LogP contribution in [-0.2, 0) is 4.79 Å². The van der Waals surface area contributed by atoms with Gasteiger partial charge in [-0.3, -0.25) is 4.79 Å². The van der Waals surface area contributed by atoms with E-state index in [1.807, 2.05) is 6.92 Å². The molecule has 0 aliphatic heterocycles. The largest absolute Gasteiger partial charge is 0.273 e. The van der Waals surface area contributed by atoms with E-state index in [1.54, 1.807) is 0 Å². The number of carbonyl (C=O) groups excluding carboxylic acids is 1. The molecule has 0 aromatic heterocycles. The van der Waals surface area contributed by atoms with Crippen molar-refractivity contribution in [2.45, 2.75) is 46.0 Å². The van der Waals surface area contributed by atoms with Gasteiger partial charge in [0.1, 0.15) is 0 Å². The van der Waals surface area contributed by atoms with Crippen LogP contribution < -0.4 is 5.43 Å². The van der Waals surface area contributed by atoms with E-state index in [9.17, 15) is 4.79 Å². The monoisotopic (exact) mass is 182 g/mol. The summed E-state index contributed by atoms with van der Waals surface area (Å²) in [5, 5.41) is 4.11. The lowest BCUT2D eigenvalue weighted by Gasteiger charge is -2.01. The van der Waals surface area contributed by atoms with Crippen molar-refractivity contribution in [3.63, 3.8) is 0 Å². The van der Waals surface area contributed by atoms with Gasteiger partial charge < -0.3 is 0 Å². The quantitative estimate of drug-likeness (QED) is 0.667. The second-order valence-electron chi connectivity index (χ2n) is 3.58. The Balaban J connectivity index is 2.33. The maximum atomic E-state index is 10.9. The van der Waals surface area contributed by atoms with Crippen molar-refractivity contribution in [3.05, 3.63) is 0 Å². The molecule has 0 saturated heterocycles. The average molecular weight is 182 g/mol. The summed E-state index contributed by atoms with van der Waals surface area (Å²) in [5.41, 5.74) is 3.73. The van der Waals surface area contributed by atoms with E-state index in [0.29, 0.717) is 6.42 Å². The molecule has 0 radical (unpaired) electrons. The molecule has 1 rings (SSSR count). The van der Waals surface area contributed by atoms with Gasteiger partial charge in [-0.1, -0.05) is 20.3 Å². The summed E-state index contributed by atoms with van der Waals surface area (Å²) in [6.45, 7) is 4.04. The first kappa shape index (κ1) is 10.2. The molecule has 3 nitrogen and oxygen atoms in total. The first-order valence-electron chi connectivity index (χ1n) is 5.10. The lowest BCUT2D eigenvalue weighted by molar-refractivity contribution is -0.120. The van der Waals surface area contributed by atoms with E-state index in [2.05, 4.69) is 17.5 Å². The van der Waals surface area contributed by atoms with Gasteiger partial charge in [-0.15, -0.1) is 0 Å². The smallest absolute Gasteiger partial charge is 0.239 e. The molecule has 0 spiro atoms. The summed E-state index contributed by atoms with van der Waals surface area (Å²) >= 11 is 0. The number of hydrogen-bond donors (Lipinski definition) is 1. The van der Waals surface area contributed by atoms with Crippen LogP contribution in [-0.4, -0.2) is 11.6 Å². The van der Waals surface area contributed by atoms with E-state index >= 15 is 0 Å². The van der Waals surface area contributed by atoms with Crippen molar-refractivity contribution in [1.82, 2.24) is 5.43 Å². The van der Waals surface area contributed by atoms with Crippen LogP contribution in [0.15, 0.2) is 5.10 Å². The highest BCUT2D eigenvalue weighted by molar-refractivity contribution is 5.88. The molecule has 1 aliphatic rings. The van der Waals surface area contributed by atoms with Crippen molar-refractivity contribution in [2.75, 3.05) is 0 Å². The zero-order valence-corrected chi connectivity index (χ0v) is 8.47. The first-order valence-corrected chi connectivity index (χ1v) is 5.10. The van der Waals surface area contributed by atoms with Crippen LogP contribution in [0.1, 0.15) is 46.0 Å². The molecule has 1 aliphatic carbocycles. The molecular weight excluding hydrogens is 164 g/mol. The lowest BCUT2D eigenvalue weighted by atomic mass is 10.1. The third-order valence-corrected chi connectivity index (χ3v) is 2.60. The SMILES string of the molecule is CCC(=O)N/N=C1/CCC(CC)C1. The summed E-state index contributed by atoms with van der Waals surface area (Å²) in [6.07, 6.45) is 5.09. The Kier molecular flexibility index (Phi) is 3.93.